The topological polar surface area (TPSA) is 12.0 Å². The molecule has 1 rings (SSSR count). The van der Waals surface area contributed by atoms with Crippen molar-refractivity contribution in [1.82, 2.24) is 5.32 Å². The van der Waals surface area contributed by atoms with Crippen LogP contribution in [-0.4, -0.2) is 17.0 Å². The van der Waals surface area contributed by atoms with E-state index in [0.717, 1.165) is 3.92 Å². The molecule has 1 fully saturated rings. The van der Waals surface area contributed by atoms with Gasteiger partial charge in [0.05, 0.1) is 0 Å². The fourth-order valence-electron chi connectivity index (χ4n) is 0.880. The van der Waals surface area contributed by atoms with Crippen LogP contribution in [0, 0.1) is 0 Å². The van der Waals surface area contributed by atoms with Gasteiger partial charge in [0.2, 0.25) is 0 Å². The molecule has 0 radical (unpaired) electrons. The Bertz CT molecular complexity index is 61.4. The molecule has 0 aromatic rings. The fraction of sp³-hybridized carbons (Fsp3) is 1.00. The van der Waals surface area contributed by atoms with Gasteiger partial charge in [-0.2, -0.15) is 0 Å². The molecule has 0 unspecified atom stereocenters. The van der Waals surface area contributed by atoms with Crippen LogP contribution in [0.5, 0.6) is 0 Å². The Kier molecular flexibility index (Phi) is 4.02. The van der Waals surface area contributed by atoms with Gasteiger partial charge in [0.1, 0.15) is 0 Å². The van der Waals surface area contributed by atoms with E-state index in [4.69, 9.17) is 0 Å². The van der Waals surface area contributed by atoms with Crippen LogP contribution in [-0.2, 0) is 0 Å². The van der Waals surface area contributed by atoms with Gasteiger partial charge in [0.15, 0.2) is 0 Å². The Morgan fingerprint density at radius 1 is 1.62 bits per heavy atom. The number of hydrogen-bond acceptors (Lipinski definition) is 1. The average molecular weight is 338 g/mol. The summed E-state index contributed by atoms with van der Waals surface area (Å²) >= 11 is 3.07. The molecule has 3 heteroatoms. The molecule has 0 saturated carbocycles. The van der Waals surface area contributed by atoms with Crippen LogP contribution < -0.4 is 22.5 Å². The first-order chi connectivity index (χ1) is 3.93. The van der Waals surface area contributed by atoms with Crippen LogP contribution in [0.3, 0.4) is 0 Å². The molecule has 0 aromatic carbocycles. The number of piperidine rings is 1. The number of nitrogens with one attached hydrogen (secondary N) is 1. The van der Waals surface area contributed by atoms with Crippen LogP contribution in [0.1, 0.15) is 12.8 Å². The summed E-state index contributed by atoms with van der Waals surface area (Å²) in [6.45, 7) is 2.56. The van der Waals surface area contributed by atoms with Crippen LogP contribution in [0.25, 0.3) is 0 Å². The molecule has 8 heavy (non-hydrogen) atoms. The van der Waals surface area contributed by atoms with Gasteiger partial charge in [-0.25, -0.2) is 0 Å². The summed E-state index contributed by atoms with van der Waals surface area (Å²) in [6, 6.07) is 0. The Morgan fingerprint density at radius 3 is 2.88 bits per heavy atom. The summed E-state index contributed by atoms with van der Waals surface area (Å²) < 4.78 is 1.07. The van der Waals surface area contributed by atoms with Crippen LogP contribution in [0.15, 0.2) is 0 Å². The van der Waals surface area contributed by atoms with E-state index in [9.17, 15) is 0 Å². The number of halogens is 2. The molecule has 1 nitrogen and oxygen atoms in total. The van der Waals surface area contributed by atoms with Crippen molar-refractivity contribution in [2.45, 2.75) is 16.8 Å². The van der Waals surface area contributed by atoms with Gasteiger partial charge in [-0.1, -0.05) is 0 Å². The predicted octanol–water partition coefficient (Wildman–Crippen LogP) is -1.82. The summed E-state index contributed by atoms with van der Waals surface area (Å²) in [5, 5.41) is 3.41. The Hall–Kier alpha value is 1.42. The normalized spacial score (nSPS) is 30.9. The molecule has 1 saturated heterocycles. The van der Waals surface area contributed by atoms with E-state index < -0.39 is 0 Å². The molecule has 1 aliphatic heterocycles. The maximum absolute atomic E-state index is 3.41. The molecule has 1 atom stereocenters. The van der Waals surface area contributed by atoms with E-state index in [1.54, 1.807) is 0 Å². The maximum atomic E-state index is 3.41. The van der Waals surface area contributed by atoms with Crippen LogP contribution in [0.2, 0.25) is 0 Å². The van der Waals surface area contributed by atoms with Gasteiger partial charge in [-0.3, -0.25) is 0 Å². The number of rotatable bonds is 1. The molecular weight excluding hydrogens is 328 g/mol. The van der Waals surface area contributed by atoms with E-state index in [1.807, 2.05) is 0 Å². The molecule has 0 bridgehead atoms. The van der Waals surface area contributed by atoms with E-state index in [0.29, 0.717) is 17.2 Å². The molecule has 1 heterocycles. The summed E-state index contributed by atoms with van der Waals surface area (Å²) in [7, 11) is 0. The quantitative estimate of drug-likeness (QED) is 0.439. The first-order valence-electron chi connectivity index (χ1n) is 2.88. The predicted molar refractivity (Wildman–Crippen MR) is 39.9 cm³/mol. The van der Waals surface area contributed by atoms with Crippen LogP contribution >= 0.6 is 18.6 Å². The second-order valence-corrected chi connectivity index (χ2v) is 7.42. The molecular formula is C5H10I2N-. The van der Waals surface area contributed by atoms with Gasteiger partial charge in [-0.15, -0.1) is 0 Å². The Balaban J connectivity index is 2.13. The van der Waals surface area contributed by atoms with Crippen molar-refractivity contribution in [1.29, 1.82) is 0 Å². The van der Waals surface area contributed by atoms with Crippen molar-refractivity contribution in [2.24, 2.45) is 0 Å². The summed E-state index contributed by atoms with van der Waals surface area (Å²) in [5.41, 5.74) is 0. The van der Waals surface area contributed by atoms with E-state index >= 15 is 0 Å². The molecule has 0 aliphatic carbocycles. The Labute approximate surface area is 70.4 Å². The van der Waals surface area contributed by atoms with E-state index in [1.165, 1.54) is 25.9 Å². The van der Waals surface area contributed by atoms with E-state index in [-0.39, 0.29) is 0 Å². The van der Waals surface area contributed by atoms with Crippen molar-refractivity contribution < 1.29 is 17.2 Å². The third kappa shape index (κ3) is 2.34. The zero-order chi connectivity index (χ0) is 5.82. The van der Waals surface area contributed by atoms with Crippen molar-refractivity contribution in [2.75, 3.05) is 13.1 Å². The third-order valence-electron chi connectivity index (χ3n) is 1.35. The SMILES string of the molecule is I[I-][C@@H]1CCCNC1. The zero-order valence-electron chi connectivity index (χ0n) is 4.66. The second kappa shape index (κ2) is 4.27. The zero-order valence-corrected chi connectivity index (χ0v) is 8.98. The molecule has 0 amide bonds. The minimum atomic E-state index is 0.494. The Morgan fingerprint density at radius 2 is 2.50 bits per heavy atom. The molecule has 1 aliphatic rings. The average Bonchev–Trinajstić information content (AvgIpc) is 1.90. The molecule has 1 N–H and O–H groups in total. The number of hydrogen-bond donors (Lipinski definition) is 1. The van der Waals surface area contributed by atoms with Crippen LogP contribution in [0.4, 0.5) is 0 Å². The molecule has 50 valence electrons. The van der Waals surface area contributed by atoms with Crippen molar-refractivity contribution in [3.63, 3.8) is 0 Å². The van der Waals surface area contributed by atoms with Gasteiger partial charge in [0.25, 0.3) is 0 Å². The fourth-order valence-corrected chi connectivity index (χ4v) is 4.73. The summed E-state index contributed by atoms with van der Waals surface area (Å²) in [4.78, 5) is 0. The van der Waals surface area contributed by atoms with Crippen molar-refractivity contribution in [3.05, 3.63) is 0 Å². The number of alkyl halides is 1. The summed E-state index contributed by atoms with van der Waals surface area (Å²) in [5.74, 6) is 0. The standard InChI is InChI=1S/C5H10I2N/c6-7-5-2-1-3-8-4-5/h5,8H,1-4H2/q-1/t5-/m1/s1. The molecule has 0 spiro atoms. The van der Waals surface area contributed by atoms with Gasteiger partial charge >= 0.3 is 71.0 Å². The van der Waals surface area contributed by atoms with Gasteiger partial charge in [-0.05, 0) is 0 Å². The van der Waals surface area contributed by atoms with Gasteiger partial charge < -0.3 is 0 Å². The first-order valence-corrected chi connectivity index (χ1v) is 10.4. The minimum absolute atomic E-state index is 0.494. The monoisotopic (exact) mass is 338 g/mol. The first kappa shape index (κ1) is 7.53. The van der Waals surface area contributed by atoms with E-state index in [2.05, 4.69) is 23.9 Å². The second-order valence-electron chi connectivity index (χ2n) is 2.03. The summed E-state index contributed by atoms with van der Waals surface area (Å²) in [6.07, 6.45) is 2.90. The van der Waals surface area contributed by atoms with Crippen molar-refractivity contribution in [3.8, 4) is 0 Å². The molecule has 0 aromatic heterocycles. The van der Waals surface area contributed by atoms with Crippen molar-refractivity contribution >= 4 is 18.6 Å². The van der Waals surface area contributed by atoms with Gasteiger partial charge in [0, 0.05) is 0 Å². The third-order valence-corrected chi connectivity index (χ3v) is 7.55.